The maximum atomic E-state index is 12.0. The van der Waals surface area contributed by atoms with Crippen LogP contribution in [0.15, 0.2) is 41.1 Å². The minimum atomic E-state index is -0.0425. The average Bonchev–Trinajstić information content (AvgIpc) is 2.98. The summed E-state index contributed by atoms with van der Waals surface area (Å²) < 4.78 is 5.48. The number of carbonyl (C=O) groups is 1. The topological polar surface area (TPSA) is 55.6 Å². The highest BCUT2D eigenvalue weighted by Crippen LogP contribution is 2.12. The van der Waals surface area contributed by atoms with E-state index in [2.05, 4.69) is 0 Å². The number of nitrogens with two attached hydrogens (primary N) is 1. The third-order valence-corrected chi connectivity index (χ3v) is 3.68. The van der Waals surface area contributed by atoms with E-state index in [4.69, 9.17) is 10.5 Å². The summed E-state index contributed by atoms with van der Waals surface area (Å²) in [7, 11) is 1.78. The van der Waals surface area contributed by atoms with Crippen LogP contribution in [0.25, 0.3) is 0 Å². The molecule has 0 spiro atoms. The van der Waals surface area contributed by atoms with E-state index in [0.717, 1.165) is 11.1 Å². The molecule has 0 atom stereocenters. The largest absolute Gasteiger partial charge is 0.484 e. The first kappa shape index (κ1) is 14.6. The van der Waals surface area contributed by atoms with Gasteiger partial charge in [0.2, 0.25) is 0 Å². The Bertz CT molecular complexity index is 538. The van der Waals surface area contributed by atoms with Gasteiger partial charge in [0.25, 0.3) is 5.91 Å². The maximum absolute atomic E-state index is 12.0. The summed E-state index contributed by atoms with van der Waals surface area (Å²) in [6.45, 7) is 1.16. The van der Waals surface area contributed by atoms with Crippen molar-refractivity contribution in [1.29, 1.82) is 0 Å². The standard InChI is InChI=1S/C15H18N2O2S/c1-17(9-13-6-7-20-11-13)15(18)10-19-14-4-2-12(8-16)3-5-14/h2-7,11H,8-10,16H2,1H3. The summed E-state index contributed by atoms with van der Waals surface area (Å²) >= 11 is 1.63. The lowest BCUT2D eigenvalue weighted by Crippen LogP contribution is -2.30. The Morgan fingerprint density at radius 1 is 1.25 bits per heavy atom. The molecule has 0 aliphatic heterocycles. The molecule has 0 aliphatic carbocycles. The molecule has 0 unspecified atom stereocenters. The van der Waals surface area contributed by atoms with E-state index in [9.17, 15) is 4.79 Å². The molecule has 0 saturated carbocycles. The number of amides is 1. The van der Waals surface area contributed by atoms with E-state index in [-0.39, 0.29) is 12.5 Å². The van der Waals surface area contributed by atoms with Gasteiger partial charge in [-0.15, -0.1) is 0 Å². The Labute approximate surface area is 122 Å². The lowest BCUT2D eigenvalue weighted by atomic mass is 10.2. The van der Waals surface area contributed by atoms with Crippen LogP contribution in [0.4, 0.5) is 0 Å². The summed E-state index contributed by atoms with van der Waals surface area (Å²) in [5.41, 5.74) is 7.70. The van der Waals surface area contributed by atoms with Crippen LogP contribution in [0.2, 0.25) is 0 Å². The second-order valence-corrected chi connectivity index (χ2v) is 5.30. The van der Waals surface area contributed by atoms with E-state index in [0.29, 0.717) is 18.8 Å². The fraction of sp³-hybridized carbons (Fsp3) is 0.267. The van der Waals surface area contributed by atoms with Gasteiger partial charge in [-0.05, 0) is 40.1 Å². The molecule has 0 aliphatic rings. The number of benzene rings is 1. The predicted octanol–water partition coefficient (Wildman–Crippen LogP) is 2.24. The zero-order valence-corrected chi connectivity index (χ0v) is 12.2. The van der Waals surface area contributed by atoms with Crippen molar-refractivity contribution in [2.75, 3.05) is 13.7 Å². The summed E-state index contributed by atoms with van der Waals surface area (Å²) in [6, 6.07) is 9.47. The highest BCUT2D eigenvalue weighted by Gasteiger charge is 2.10. The minimum Gasteiger partial charge on any atom is -0.484 e. The van der Waals surface area contributed by atoms with Crippen molar-refractivity contribution in [3.05, 3.63) is 52.2 Å². The Balaban J connectivity index is 1.81. The van der Waals surface area contributed by atoms with Crippen molar-refractivity contribution in [2.24, 2.45) is 5.73 Å². The van der Waals surface area contributed by atoms with Crippen LogP contribution in [0.5, 0.6) is 5.75 Å². The van der Waals surface area contributed by atoms with E-state index in [1.165, 1.54) is 0 Å². The Hall–Kier alpha value is -1.85. The van der Waals surface area contributed by atoms with Gasteiger partial charge < -0.3 is 15.4 Å². The summed E-state index contributed by atoms with van der Waals surface area (Å²) in [5, 5.41) is 4.04. The Morgan fingerprint density at radius 3 is 2.60 bits per heavy atom. The van der Waals surface area contributed by atoms with E-state index in [1.807, 2.05) is 41.1 Å². The number of carbonyl (C=O) groups excluding carboxylic acids is 1. The summed E-state index contributed by atoms with van der Waals surface area (Å²) in [5.74, 6) is 0.638. The number of hydrogen-bond donors (Lipinski definition) is 1. The van der Waals surface area contributed by atoms with Gasteiger partial charge in [-0.2, -0.15) is 11.3 Å². The van der Waals surface area contributed by atoms with Crippen LogP contribution in [0, 0.1) is 0 Å². The minimum absolute atomic E-state index is 0.0425. The van der Waals surface area contributed by atoms with E-state index in [1.54, 1.807) is 23.3 Å². The lowest BCUT2D eigenvalue weighted by molar-refractivity contribution is -0.132. The molecule has 2 aromatic rings. The van der Waals surface area contributed by atoms with Gasteiger partial charge in [0.05, 0.1) is 0 Å². The molecule has 5 heteroatoms. The van der Waals surface area contributed by atoms with Crippen LogP contribution < -0.4 is 10.5 Å². The SMILES string of the molecule is CN(Cc1ccsc1)C(=O)COc1ccc(CN)cc1. The van der Waals surface area contributed by atoms with Gasteiger partial charge in [0.15, 0.2) is 6.61 Å². The molecule has 4 nitrogen and oxygen atoms in total. The number of thiophene rings is 1. The highest BCUT2D eigenvalue weighted by atomic mass is 32.1. The van der Waals surface area contributed by atoms with Crippen LogP contribution >= 0.6 is 11.3 Å². The number of likely N-dealkylation sites (N-methyl/N-ethyl adjacent to an activating group) is 1. The normalized spacial score (nSPS) is 10.3. The maximum Gasteiger partial charge on any atom is 0.260 e. The fourth-order valence-corrected chi connectivity index (χ4v) is 2.38. The van der Waals surface area contributed by atoms with Crippen molar-refractivity contribution < 1.29 is 9.53 Å². The highest BCUT2D eigenvalue weighted by molar-refractivity contribution is 7.07. The van der Waals surface area contributed by atoms with Crippen molar-refractivity contribution in [3.63, 3.8) is 0 Å². The number of rotatable bonds is 6. The third kappa shape index (κ3) is 4.08. The molecule has 1 aromatic heterocycles. The molecule has 0 bridgehead atoms. The first-order valence-corrected chi connectivity index (χ1v) is 7.30. The molecule has 0 saturated heterocycles. The van der Waals surface area contributed by atoms with Gasteiger partial charge in [0.1, 0.15) is 5.75 Å². The summed E-state index contributed by atoms with van der Waals surface area (Å²) in [6.07, 6.45) is 0. The van der Waals surface area contributed by atoms with Crippen LogP contribution in [0.3, 0.4) is 0 Å². The molecule has 0 fully saturated rings. The number of nitrogens with zero attached hydrogens (tertiary/aromatic N) is 1. The second-order valence-electron chi connectivity index (χ2n) is 4.52. The molecule has 106 valence electrons. The van der Waals surface area contributed by atoms with Crippen molar-refractivity contribution in [2.45, 2.75) is 13.1 Å². The van der Waals surface area contributed by atoms with Crippen molar-refractivity contribution in [1.82, 2.24) is 4.90 Å². The zero-order chi connectivity index (χ0) is 14.4. The lowest BCUT2D eigenvalue weighted by Gasteiger charge is -2.16. The first-order valence-electron chi connectivity index (χ1n) is 6.36. The van der Waals surface area contributed by atoms with Gasteiger partial charge in [0, 0.05) is 20.1 Å². The molecule has 20 heavy (non-hydrogen) atoms. The third-order valence-electron chi connectivity index (χ3n) is 2.95. The summed E-state index contributed by atoms with van der Waals surface area (Å²) in [4.78, 5) is 13.6. The number of hydrogen-bond acceptors (Lipinski definition) is 4. The number of ether oxygens (including phenoxy) is 1. The van der Waals surface area contributed by atoms with Crippen LogP contribution in [-0.4, -0.2) is 24.5 Å². The molecule has 2 rings (SSSR count). The van der Waals surface area contributed by atoms with E-state index < -0.39 is 0 Å². The van der Waals surface area contributed by atoms with E-state index >= 15 is 0 Å². The van der Waals surface area contributed by atoms with Gasteiger partial charge in [-0.25, -0.2) is 0 Å². The molecule has 2 N–H and O–H groups in total. The molecular formula is C15H18N2O2S. The Kier molecular flexibility index (Phi) is 5.15. The van der Waals surface area contributed by atoms with Crippen molar-refractivity contribution in [3.8, 4) is 5.75 Å². The fourth-order valence-electron chi connectivity index (χ4n) is 1.72. The van der Waals surface area contributed by atoms with Gasteiger partial charge in [-0.1, -0.05) is 12.1 Å². The predicted molar refractivity (Wildman–Crippen MR) is 80.6 cm³/mol. The van der Waals surface area contributed by atoms with Crippen LogP contribution in [-0.2, 0) is 17.9 Å². The second kappa shape index (κ2) is 7.07. The van der Waals surface area contributed by atoms with Gasteiger partial charge in [-0.3, -0.25) is 4.79 Å². The molecular weight excluding hydrogens is 272 g/mol. The van der Waals surface area contributed by atoms with Gasteiger partial charge >= 0.3 is 0 Å². The monoisotopic (exact) mass is 290 g/mol. The average molecular weight is 290 g/mol. The smallest absolute Gasteiger partial charge is 0.260 e. The molecule has 1 aromatic carbocycles. The molecule has 1 amide bonds. The first-order chi connectivity index (χ1) is 9.69. The Morgan fingerprint density at radius 2 is 2.00 bits per heavy atom. The molecule has 1 heterocycles. The molecule has 0 radical (unpaired) electrons. The zero-order valence-electron chi connectivity index (χ0n) is 11.4. The quantitative estimate of drug-likeness (QED) is 0.887. The van der Waals surface area contributed by atoms with Crippen molar-refractivity contribution >= 4 is 17.2 Å². The van der Waals surface area contributed by atoms with Crippen LogP contribution in [0.1, 0.15) is 11.1 Å².